The van der Waals surface area contributed by atoms with Crippen molar-refractivity contribution in [3.63, 3.8) is 0 Å². The highest BCUT2D eigenvalue weighted by atomic mass is 15.1. The largest absolute Gasteiger partial charge is 0.314 e. The van der Waals surface area contributed by atoms with Gasteiger partial charge in [0.2, 0.25) is 0 Å². The summed E-state index contributed by atoms with van der Waals surface area (Å²) in [4.78, 5) is 6.59. The third-order valence-electron chi connectivity index (χ3n) is 3.83. The zero-order valence-electron chi connectivity index (χ0n) is 13.8. The molecule has 1 N–H and O–H groups in total. The highest BCUT2D eigenvalue weighted by molar-refractivity contribution is 5.09. The Hall–Kier alpha value is -0.930. The van der Waals surface area contributed by atoms with Crippen LogP contribution in [-0.2, 0) is 6.54 Å². The Morgan fingerprint density at radius 2 is 1.85 bits per heavy atom. The van der Waals surface area contributed by atoms with Crippen LogP contribution in [0.1, 0.15) is 46.6 Å². The van der Waals surface area contributed by atoms with Gasteiger partial charge in [0, 0.05) is 25.0 Å². The zero-order valence-corrected chi connectivity index (χ0v) is 13.8. The van der Waals surface area contributed by atoms with E-state index >= 15 is 0 Å². The zero-order chi connectivity index (χ0) is 15.0. The maximum atomic E-state index is 4.08. The molecule has 1 unspecified atom stereocenters. The average molecular weight is 277 g/mol. The van der Waals surface area contributed by atoms with Gasteiger partial charge in [0.15, 0.2) is 0 Å². The number of nitrogens with zero attached hydrogens (tertiary/aromatic N) is 2. The molecule has 1 rings (SSSR count). The number of rotatable bonds is 8. The lowest BCUT2D eigenvalue weighted by Gasteiger charge is -2.33. The SMILES string of the molecule is CCNC(CCN(CC)Cc1ccncc1)C(C)(C)C. The maximum absolute atomic E-state index is 4.08. The van der Waals surface area contributed by atoms with Crippen molar-refractivity contribution in [2.45, 2.75) is 53.6 Å². The molecule has 0 aliphatic carbocycles. The van der Waals surface area contributed by atoms with Crippen LogP contribution in [0.3, 0.4) is 0 Å². The quantitative estimate of drug-likeness (QED) is 0.790. The van der Waals surface area contributed by atoms with Crippen LogP contribution in [0, 0.1) is 5.41 Å². The molecule has 1 aromatic rings. The summed E-state index contributed by atoms with van der Waals surface area (Å²) in [7, 11) is 0. The fourth-order valence-corrected chi connectivity index (χ4v) is 2.49. The van der Waals surface area contributed by atoms with Gasteiger partial charge in [-0.1, -0.05) is 34.6 Å². The Morgan fingerprint density at radius 3 is 2.35 bits per heavy atom. The van der Waals surface area contributed by atoms with E-state index in [-0.39, 0.29) is 0 Å². The minimum atomic E-state index is 0.312. The van der Waals surface area contributed by atoms with Crippen LogP contribution in [0.25, 0.3) is 0 Å². The van der Waals surface area contributed by atoms with Gasteiger partial charge < -0.3 is 5.32 Å². The molecule has 0 radical (unpaired) electrons. The van der Waals surface area contributed by atoms with Crippen LogP contribution in [0.2, 0.25) is 0 Å². The molecule has 3 nitrogen and oxygen atoms in total. The molecule has 1 atom stereocenters. The molecule has 20 heavy (non-hydrogen) atoms. The monoisotopic (exact) mass is 277 g/mol. The lowest BCUT2D eigenvalue weighted by Crippen LogP contribution is -2.42. The molecule has 114 valence electrons. The molecular weight excluding hydrogens is 246 g/mol. The minimum Gasteiger partial charge on any atom is -0.314 e. The summed E-state index contributed by atoms with van der Waals surface area (Å²) in [5, 5.41) is 3.63. The number of pyridine rings is 1. The van der Waals surface area contributed by atoms with E-state index in [1.165, 1.54) is 12.0 Å². The van der Waals surface area contributed by atoms with Gasteiger partial charge in [0.1, 0.15) is 0 Å². The molecule has 0 bridgehead atoms. The summed E-state index contributed by atoms with van der Waals surface area (Å²) in [6.45, 7) is 15.7. The van der Waals surface area contributed by atoms with Crippen LogP contribution in [0.4, 0.5) is 0 Å². The fourth-order valence-electron chi connectivity index (χ4n) is 2.49. The predicted octanol–water partition coefficient (Wildman–Crippen LogP) is 3.32. The lowest BCUT2D eigenvalue weighted by atomic mass is 9.84. The molecule has 0 spiro atoms. The molecule has 0 saturated heterocycles. The third-order valence-corrected chi connectivity index (χ3v) is 3.83. The maximum Gasteiger partial charge on any atom is 0.0271 e. The van der Waals surface area contributed by atoms with E-state index in [4.69, 9.17) is 0 Å². The lowest BCUT2D eigenvalue weighted by molar-refractivity contribution is 0.206. The molecule has 3 heteroatoms. The summed E-state index contributed by atoms with van der Waals surface area (Å²) in [5.41, 5.74) is 1.66. The molecule has 0 aliphatic heterocycles. The van der Waals surface area contributed by atoms with Gasteiger partial charge in [0.25, 0.3) is 0 Å². The minimum absolute atomic E-state index is 0.312. The van der Waals surface area contributed by atoms with E-state index in [9.17, 15) is 0 Å². The van der Waals surface area contributed by atoms with Gasteiger partial charge in [-0.15, -0.1) is 0 Å². The molecular formula is C17H31N3. The summed E-state index contributed by atoms with van der Waals surface area (Å²) >= 11 is 0. The molecule has 0 aliphatic rings. The van der Waals surface area contributed by atoms with E-state index in [0.717, 1.165) is 26.2 Å². The normalized spacial score (nSPS) is 13.7. The van der Waals surface area contributed by atoms with Crippen molar-refractivity contribution < 1.29 is 0 Å². The van der Waals surface area contributed by atoms with Crippen molar-refractivity contribution in [1.29, 1.82) is 0 Å². The van der Waals surface area contributed by atoms with Gasteiger partial charge >= 0.3 is 0 Å². The van der Waals surface area contributed by atoms with Crippen molar-refractivity contribution in [2.24, 2.45) is 5.41 Å². The first kappa shape index (κ1) is 17.1. The van der Waals surface area contributed by atoms with E-state index < -0.39 is 0 Å². The van der Waals surface area contributed by atoms with Crippen molar-refractivity contribution in [3.8, 4) is 0 Å². The molecule has 0 saturated carbocycles. The summed E-state index contributed by atoms with van der Waals surface area (Å²) in [5.74, 6) is 0. The molecule has 0 aromatic carbocycles. The van der Waals surface area contributed by atoms with Crippen molar-refractivity contribution in [1.82, 2.24) is 15.2 Å². The fraction of sp³-hybridized carbons (Fsp3) is 0.706. The van der Waals surface area contributed by atoms with Crippen molar-refractivity contribution in [2.75, 3.05) is 19.6 Å². The molecule has 0 amide bonds. The summed E-state index contributed by atoms with van der Waals surface area (Å²) < 4.78 is 0. The second-order valence-electron chi connectivity index (χ2n) is 6.49. The van der Waals surface area contributed by atoms with Crippen molar-refractivity contribution >= 4 is 0 Å². The first-order valence-corrected chi connectivity index (χ1v) is 7.82. The van der Waals surface area contributed by atoms with Crippen LogP contribution in [0.15, 0.2) is 24.5 Å². The predicted molar refractivity (Wildman–Crippen MR) is 86.7 cm³/mol. The van der Waals surface area contributed by atoms with Crippen LogP contribution < -0.4 is 5.32 Å². The first-order chi connectivity index (χ1) is 9.47. The summed E-state index contributed by atoms with van der Waals surface area (Å²) in [6, 6.07) is 4.78. The Bertz CT molecular complexity index is 356. The van der Waals surface area contributed by atoms with Gasteiger partial charge in [-0.3, -0.25) is 9.88 Å². The van der Waals surface area contributed by atoms with Gasteiger partial charge in [0.05, 0.1) is 0 Å². The van der Waals surface area contributed by atoms with E-state index in [1.807, 2.05) is 12.4 Å². The number of aromatic nitrogens is 1. The first-order valence-electron chi connectivity index (χ1n) is 7.82. The number of hydrogen-bond acceptors (Lipinski definition) is 3. The standard InChI is InChI=1S/C17H31N3/c1-6-19-16(17(3,4)5)10-13-20(7-2)14-15-8-11-18-12-9-15/h8-9,11-12,16,19H,6-7,10,13-14H2,1-5H3. The van der Waals surface area contributed by atoms with E-state index in [1.54, 1.807) is 0 Å². The third kappa shape index (κ3) is 6.02. The molecule has 1 aromatic heterocycles. The smallest absolute Gasteiger partial charge is 0.0271 e. The van der Waals surface area contributed by atoms with Crippen LogP contribution in [-0.4, -0.2) is 35.6 Å². The molecule has 0 fully saturated rings. The molecule has 1 heterocycles. The van der Waals surface area contributed by atoms with Crippen LogP contribution in [0.5, 0.6) is 0 Å². The Labute approximate surface area is 124 Å². The average Bonchev–Trinajstić information content (AvgIpc) is 2.41. The second-order valence-corrected chi connectivity index (χ2v) is 6.49. The van der Waals surface area contributed by atoms with Gasteiger partial charge in [-0.25, -0.2) is 0 Å². The van der Waals surface area contributed by atoms with E-state index in [2.05, 4.69) is 62.0 Å². The number of hydrogen-bond donors (Lipinski definition) is 1. The Morgan fingerprint density at radius 1 is 1.20 bits per heavy atom. The Balaban J connectivity index is 2.51. The van der Waals surface area contributed by atoms with Gasteiger partial charge in [-0.2, -0.15) is 0 Å². The summed E-state index contributed by atoms with van der Waals surface area (Å²) in [6.07, 6.45) is 4.94. The van der Waals surface area contributed by atoms with Crippen LogP contribution >= 0.6 is 0 Å². The number of nitrogens with one attached hydrogen (secondary N) is 1. The topological polar surface area (TPSA) is 28.2 Å². The van der Waals surface area contributed by atoms with E-state index in [0.29, 0.717) is 11.5 Å². The van der Waals surface area contributed by atoms with Crippen molar-refractivity contribution in [3.05, 3.63) is 30.1 Å². The second kappa shape index (κ2) is 8.38. The van der Waals surface area contributed by atoms with Gasteiger partial charge in [-0.05, 0) is 49.2 Å². The Kier molecular flexibility index (Phi) is 7.17. The highest BCUT2D eigenvalue weighted by Gasteiger charge is 2.23. The highest BCUT2D eigenvalue weighted by Crippen LogP contribution is 2.22.